The van der Waals surface area contributed by atoms with Crippen LogP contribution in [0.1, 0.15) is 70.5 Å². The molecule has 0 radical (unpaired) electrons. The van der Waals surface area contributed by atoms with Gasteiger partial charge in [0.2, 0.25) is 0 Å². The molecule has 0 spiro atoms. The van der Waals surface area contributed by atoms with E-state index in [-0.39, 0.29) is 17.2 Å². The molecular weight excluding hydrogens is 479 g/mol. The Morgan fingerprint density at radius 3 is 2.37 bits per heavy atom. The Morgan fingerprint density at radius 2 is 1.77 bits per heavy atom. The van der Waals surface area contributed by atoms with Gasteiger partial charge in [0.25, 0.3) is 5.56 Å². The van der Waals surface area contributed by atoms with E-state index in [1.807, 2.05) is 10.7 Å². The van der Waals surface area contributed by atoms with E-state index in [0.29, 0.717) is 16.9 Å². The lowest BCUT2D eigenvalue weighted by Crippen LogP contribution is -2.45. The summed E-state index contributed by atoms with van der Waals surface area (Å²) in [6.07, 6.45) is 2.33. The number of nitrogens with zero attached hydrogens (tertiary/aromatic N) is 2. The van der Waals surface area contributed by atoms with E-state index in [9.17, 15) is 22.5 Å². The van der Waals surface area contributed by atoms with Gasteiger partial charge in [-0.05, 0) is 57.4 Å². The Bertz CT molecular complexity index is 1210. The van der Waals surface area contributed by atoms with Gasteiger partial charge >= 0.3 is 6.18 Å². The molecule has 1 unspecified atom stereocenters. The molecule has 3 aromatic rings. The van der Waals surface area contributed by atoms with Crippen LogP contribution in [0.2, 0.25) is 0 Å². The van der Waals surface area contributed by atoms with E-state index in [1.165, 1.54) is 30.7 Å². The molecule has 2 atom stereocenters. The van der Waals surface area contributed by atoms with Gasteiger partial charge in [0.15, 0.2) is 11.9 Å². The third-order valence-corrected chi connectivity index (χ3v) is 7.73. The molecule has 1 aliphatic carbocycles. The number of nitrogens with one attached hydrogen (secondary N) is 3. The van der Waals surface area contributed by atoms with E-state index in [4.69, 9.17) is 0 Å². The van der Waals surface area contributed by atoms with Crippen LogP contribution in [-0.4, -0.2) is 30.2 Å². The van der Waals surface area contributed by atoms with Gasteiger partial charge in [0.1, 0.15) is 10.1 Å². The van der Waals surface area contributed by atoms with Crippen LogP contribution in [0.5, 0.6) is 0 Å². The quantitative estimate of drug-likeness (QED) is 0.374. The first-order chi connectivity index (χ1) is 16.4. The fourth-order valence-electron chi connectivity index (χ4n) is 4.29. The van der Waals surface area contributed by atoms with Crippen LogP contribution in [0, 0.1) is 0 Å². The second kappa shape index (κ2) is 9.87. The maximum absolute atomic E-state index is 13.7. The number of benzene rings is 1. The summed E-state index contributed by atoms with van der Waals surface area (Å²) in [6, 6.07) is 5.60. The number of H-pyrrole nitrogens is 1. The lowest BCUT2D eigenvalue weighted by molar-refractivity contribution is -0.153. The van der Waals surface area contributed by atoms with Gasteiger partial charge < -0.3 is 14.9 Å². The Labute approximate surface area is 204 Å². The molecule has 190 valence electrons. The third-order valence-electron chi connectivity index (χ3n) is 6.17. The SMILES string of the molecule is CC(C)(C)[S+]([O-])N[C@H](c1ccc(Nc2nn(C3CCCCC3)c3cc[nH]c(=O)c23)cc1)C(F)(F)F. The highest BCUT2D eigenvalue weighted by molar-refractivity contribution is 7.90. The molecule has 4 rings (SSSR count). The van der Waals surface area contributed by atoms with Gasteiger partial charge in [0.05, 0.1) is 11.6 Å². The molecule has 0 saturated heterocycles. The summed E-state index contributed by atoms with van der Waals surface area (Å²) in [4.78, 5) is 15.3. The van der Waals surface area contributed by atoms with Gasteiger partial charge in [-0.15, -0.1) is 4.72 Å². The normalized spacial score (nSPS) is 17.5. The predicted molar refractivity (Wildman–Crippen MR) is 132 cm³/mol. The molecular formula is C24H30F3N5O2S. The number of rotatable bonds is 6. The van der Waals surface area contributed by atoms with Crippen molar-refractivity contribution >= 4 is 33.8 Å². The van der Waals surface area contributed by atoms with Gasteiger partial charge in [0, 0.05) is 23.2 Å². The molecule has 3 N–H and O–H groups in total. The molecule has 0 amide bonds. The molecule has 1 saturated carbocycles. The Balaban J connectivity index is 1.62. The fraction of sp³-hybridized carbons (Fsp3) is 0.500. The number of hydrogen-bond acceptors (Lipinski definition) is 5. The first-order valence-electron chi connectivity index (χ1n) is 11.7. The largest absolute Gasteiger partial charge is 0.598 e. The summed E-state index contributed by atoms with van der Waals surface area (Å²) in [6.45, 7) is 4.82. The van der Waals surface area contributed by atoms with Crippen molar-refractivity contribution in [3.63, 3.8) is 0 Å². The zero-order chi connectivity index (χ0) is 25.4. The van der Waals surface area contributed by atoms with Crippen LogP contribution in [0.4, 0.5) is 24.7 Å². The van der Waals surface area contributed by atoms with Crippen LogP contribution < -0.4 is 15.6 Å². The van der Waals surface area contributed by atoms with Crippen molar-refractivity contribution in [1.29, 1.82) is 0 Å². The highest BCUT2D eigenvalue weighted by Crippen LogP contribution is 2.36. The molecule has 0 aliphatic heterocycles. The minimum Gasteiger partial charge on any atom is -0.598 e. The highest BCUT2D eigenvalue weighted by atomic mass is 32.2. The number of aromatic amines is 1. The average Bonchev–Trinajstić information content (AvgIpc) is 3.17. The smallest absolute Gasteiger partial charge is 0.412 e. The van der Waals surface area contributed by atoms with Crippen LogP contribution in [-0.2, 0) is 11.4 Å². The standard InChI is InChI=1S/C24H30F3N5O2S/c1-23(2,3)35(34)31-20(24(25,26)27)15-9-11-16(12-10-15)29-21-19-18(13-14-28-22(19)33)32(30-21)17-7-5-4-6-8-17/h9-14,17,20,31H,4-8H2,1-3H3,(H,28,33)(H,29,30)/t20-,35?/m1/s1. The molecule has 0 bridgehead atoms. The minimum absolute atomic E-state index is 0.0592. The van der Waals surface area contributed by atoms with Crippen molar-refractivity contribution in [3.8, 4) is 0 Å². The number of aromatic nitrogens is 3. The zero-order valence-corrected chi connectivity index (χ0v) is 20.7. The van der Waals surface area contributed by atoms with Crippen LogP contribution in [0.3, 0.4) is 0 Å². The summed E-state index contributed by atoms with van der Waals surface area (Å²) in [7, 11) is 0. The van der Waals surface area contributed by atoms with Crippen LogP contribution in [0.25, 0.3) is 10.9 Å². The molecule has 1 aliphatic rings. The molecule has 2 heterocycles. The summed E-state index contributed by atoms with van der Waals surface area (Å²) in [5.41, 5.74) is 0.876. The van der Waals surface area contributed by atoms with Crippen molar-refractivity contribution in [2.75, 3.05) is 5.32 Å². The molecule has 7 nitrogen and oxygen atoms in total. The predicted octanol–water partition coefficient (Wildman–Crippen LogP) is 5.63. The number of fused-ring (bicyclic) bond motifs is 1. The van der Waals surface area contributed by atoms with Crippen molar-refractivity contribution in [2.45, 2.75) is 75.9 Å². The molecule has 1 aromatic carbocycles. The second-order valence-electron chi connectivity index (χ2n) is 9.87. The van der Waals surface area contributed by atoms with E-state index < -0.39 is 28.3 Å². The monoisotopic (exact) mass is 509 g/mol. The van der Waals surface area contributed by atoms with Gasteiger partial charge in [-0.2, -0.15) is 18.3 Å². The van der Waals surface area contributed by atoms with Crippen LogP contribution >= 0.6 is 0 Å². The van der Waals surface area contributed by atoms with Crippen molar-refractivity contribution in [2.24, 2.45) is 0 Å². The number of hydrogen-bond donors (Lipinski definition) is 3. The molecule has 35 heavy (non-hydrogen) atoms. The number of alkyl halides is 3. The molecule has 11 heteroatoms. The molecule has 1 fully saturated rings. The Morgan fingerprint density at radius 1 is 1.11 bits per heavy atom. The van der Waals surface area contributed by atoms with E-state index in [2.05, 4.69) is 20.1 Å². The molecule has 2 aromatic heterocycles. The fourth-order valence-corrected chi connectivity index (χ4v) is 5.13. The van der Waals surface area contributed by atoms with Crippen LogP contribution in [0.15, 0.2) is 41.3 Å². The number of halogens is 3. The summed E-state index contributed by atoms with van der Waals surface area (Å²) >= 11 is -1.91. The lowest BCUT2D eigenvalue weighted by Gasteiger charge is -2.29. The van der Waals surface area contributed by atoms with Gasteiger partial charge in [-0.1, -0.05) is 31.4 Å². The summed E-state index contributed by atoms with van der Waals surface area (Å²) < 4.78 is 56.8. The maximum Gasteiger partial charge on any atom is 0.412 e. The second-order valence-corrected chi connectivity index (χ2v) is 11.9. The Kier molecular flexibility index (Phi) is 7.21. The van der Waals surface area contributed by atoms with Crippen molar-refractivity contribution < 1.29 is 17.7 Å². The average molecular weight is 510 g/mol. The first-order valence-corrected chi connectivity index (χ1v) is 12.8. The van der Waals surface area contributed by atoms with E-state index in [1.54, 1.807) is 27.0 Å². The highest BCUT2D eigenvalue weighted by Gasteiger charge is 2.45. The van der Waals surface area contributed by atoms with Gasteiger partial charge in [-0.25, -0.2) is 0 Å². The third kappa shape index (κ3) is 5.68. The van der Waals surface area contributed by atoms with Crippen molar-refractivity contribution in [1.82, 2.24) is 19.5 Å². The van der Waals surface area contributed by atoms with E-state index in [0.717, 1.165) is 31.2 Å². The van der Waals surface area contributed by atoms with Crippen molar-refractivity contribution in [3.05, 3.63) is 52.4 Å². The van der Waals surface area contributed by atoms with E-state index >= 15 is 0 Å². The number of pyridine rings is 1. The first kappa shape index (κ1) is 25.6. The summed E-state index contributed by atoms with van der Waals surface area (Å²) in [5.74, 6) is 0.361. The number of anilines is 2. The zero-order valence-electron chi connectivity index (χ0n) is 19.9. The lowest BCUT2D eigenvalue weighted by atomic mass is 9.95. The Hall–Kier alpha value is -2.50. The topological polar surface area (TPSA) is 97.8 Å². The van der Waals surface area contributed by atoms with Gasteiger partial charge in [-0.3, -0.25) is 9.48 Å². The minimum atomic E-state index is -4.63. The summed E-state index contributed by atoms with van der Waals surface area (Å²) in [5, 5.41) is 8.20. The maximum atomic E-state index is 13.7.